The maximum absolute atomic E-state index is 14.0. The molecule has 5 rings (SSSR count). The number of carbonyl (C=O) groups excluding carboxylic acids is 1. The number of hydrogen-bond donors (Lipinski definition) is 2. The van der Waals surface area contributed by atoms with Gasteiger partial charge in [0.15, 0.2) is 0 Å². The number of nitrogens with one attached hydrogen (secondary N) is 2. The van der Waals surface area contributed by atoms with E-state index in [1.807, 2.05) is 32.0 Å². The van der Waals surface area contributed by atoms with E-state index in [0.717, 1.165) is 37.0 Å². The minimum Gasteiger partial charge on any atom is -0.322 e. The molecule has 0 saturated carbocycles. The molecule has 4 aromatic rings. The molecule has 0 radical (unpaired) electrons. The molecule has 1 saturated heterocycles. The van der Waals surface area contributed by atoms with Crippen LogP contribution in [0.3, 0.4) is 0 Å². The van der Waals surface area contributed by atoms with Crippen molar-refractivity contribution in [1.29, 1.82) is 0 Å². The van der Waals surface area contributed by atoms with Gasteiger partial charge in [-0.05, 0) is 56.3 Å². The lowest BCUT2D eigenvalue weighted by Gasteiger charge is -2.33. The van der Waals surface area contributed by atoms with Gasteiger partial charge in [-0.2, -0.15) is 18.3 Å². The third kappa shape index (κ3) is 7.80. The number of aromatic nitrogens is 4. The second kappa shape index (κ2) is 13.3. The second-order valence-electron chi connectivity index (χ2n) is 10.7. The number of rotatable bonds is 7. The number of carbonyl (C=O) groups is 1. The Kier molecular flexibility index (Phi) is 9.27. The molecule has 228 valence electrons. The Morgan fingerprint density at radius 3 is 2.41 bits per heavy atom. The van der Waals surface area contributed by atoms with E-state index in [0.29, 0.717) is 30.2 Å². The summed E-state index contributed by atoms with van der Waals surface area (Å²) in [6.45, 7) is 7.83. The van der Waals surface area contributed by atoms with Crippen molar-refractivity contribution in [3.8, 4) is 11.8 Å². The van der Waals surface area contributed by atoms with Gasteiger partial charge in [0.1, 0.15) is 0 Å². The van der Waals surface area contributed by atoms with Crippen LogP contribution < -0.4 is 10.6 Å². The van der Waals surface area contributed by atoms with Gasteiger partial charge in [0.05, 0.1) is 23.0 Å². The van der Waals surface area contributed by atoms with Crippen molar-refractivity contribution in [2.75, 3.05) is 43.9 Å². The molecule has 2 aromatic carbocycles. The maximum Gasteiger partial charge on any atom is 0.416 e. The van der Waals surface area contributed by atoms with Gasteiger partial charge in [0.2, 0.25) is 5.95 Å². The van der Waals surface area contributed by atoms with Crippen LogP contribution in [0.2, 0.25) is 0 Å². The molecule has 0 unspecified atom stereocenters. The highest BCUT2D eigenvalue weighted by atomic mass is 19.4. The summed E-state index contributed by atoms with van der Waals surface area (Å²) < 4.78 is 43.8. The van der Waals surface area contributed by atoms with Gasteiger partial charge in [-0.25, -0.2) is 9.97 Å². The number of piperazine rings is 1. The number of halogens is 3. The summed E-state index contributed by atoms with van der Waals surface area (Å²) in [5, 5.41) is 9.90. The van der Waals surface area contributed by atoms with Gasteiger partial charge in [0.25, 0.3) is 5.91 Å². The van der Waals surface area contributed by atoms with E-state index in [1.54, 1.807) is 41.5 Å². The molecule has 0 bridgehead atoms. The average molecular weight is 603 g/mol. The third-order valence-electron chi connectivity index (χ3n) is 7.37. The largest absolute Gasteiger partial charge is 0.416 e. The van der Waals surface area contributed by atoms with Crippen molar-refractivity contribution in [2.45, 2.75) is 33.1 Å². The van der Waals surface area contributed by atoms with Crippen molar-refractivity contribution in [1.82, 2.24) is 29.5 Å². The fraction of sp³-hybridized carbons (Fsp3) is 0.312. The van der Waals surface area contributed by atoms with Crippen LogP contribution in [0.4, 0.5) is 30.5 Å². The van der Waals surface area contributed by atoms with Crippen molar-refractivity contribution >= 4 is 23.2 Å². The predicted octanol–water partition coefficient (Wildman–Crippen LogP) is 5.16. The number of anilines is 3. The van der Waals surface area contributed by atoms with Crippen molar-refractivity contribution < 1.29 is 18.0 Å². The Balaban J connectivity index is 1.27. The van der Waals surface area contributed by atoms with Gasteiger partial charge in [-0.1, -0.05) is 24.0 Å². The van der Waals surface area contributed by atoms with Crippen molar-refractivity contribution in [2.24, 2.45) is 0 Å². The fourth-order valence-electron chi connectivity index (χ4n) is 4.73. The van der Waals surface area contributed by atoms with E-state index in [4.69, 9.17) is 0 Å². The van der Waals surface area contributed by atoms with E-state index in [-0.39, 0.29) is 23.4 Å². The topological polar surface area (TPSA) is 91.2 Å². The number of alkyl halides is 3. The highest BCUT2D eigenvalue weighted by molar-refractivity contribution is 6.04. The fourth-order valence-corrected chi connectivity index (χ4v) is 4.73. The summed E-state index contributed by atoms with van der Waals surface area (Å²) in [7, 11) is 2.00. The number of likely N-dealkylation sites (N-methyl/N-ethyl adjacent to an activating group) is 1. The standard InChI is InChI=1S/C32H33F3N8O/c1-4-43-21-28(19-38-43)40-31-36-17-23(18-37-31)6-8-24-15-25(7-5-22(24)2)30(44)39-27-10-9-26(29(16-27)32(33,34)35)20-42-13-11-41(3)12-14-42/h5,7,9-10,15-19,21H,4,11-14,20H2,1-3H3,(H,39,44)(H,36,37,40). The molecule has 1 fully saturated rings. The molecule has 1 aliphatic heterocycles. The summed E-state index contributed by atoms with van der Waals surface area (Å²) >= 11 is 0. The normalized spacial score (nSPS) is 14.1. The predicted molar refractivity (Wildman–Crippen MR) is 163 cm³/mol. The van der Waals surface area contributed by atoms with Gasteiger partial charge < -0.3 is 15.5 Å². The molecule has 0 aliphatic carbocycles. The van der Waals surface area contributed by atoms with Crippen LogP contribution in [-0.4, -0.2) is 68.7 Å². The summed E-state index contributed by atoms with van der Waals surface area (Å²) in [4.78, 5) is 25.8. The molecule has 12 heteroatoms. The summed E-state index contributed by atoms with van der Waals surface area (Å²) in [5.41, 5.74) is 2.58. The molecule has 9 nitrogen and oxygen atoms in total. The molecule has 1 aliphatic rings. The van der Waals surface area contributed by atoms with Gasteiger partial charge in [0, 0.05) is 74.7 Å². The molecule has 2 aromatic heterocycles. The number of amides is 1. The van der Waals surface area contributed by atoms with Crippen LogP contribution in [0.1, 0.15) is 45.1 Å². The lowest BCUT2D eigenvalue weighted by molar-refractivity contribution is -0.138. The minimum atomic E-state index is -4.55. The zero-order chi connectivity index (χ0) is 31.3. The first-order valence-corrected chi connectivity index (χ1v) is 14.2. The van der Waals surface area contributed by atoms with E-state index in [2.05, 4.69) is 42.4 Å². The van der Waals surface area contributed by atoms with Crippen LogP contribution >= 0.6 is 0 Å². The number of hydrogen-bond acceptors (Lipinski definition) is 7. The SMILES string of the molecule is CCn1cc(Nc2ncc(C#Cc3cc(C(=O)Nc4ccc(CN5CCN(C)CC5)c(C(F)(F)F)c4)ccc3C)cn2)cn1. The van der Waals surface area contributed by atoms with E-state index >= 15 is 0 Å². The second-order valence-corrected chi connectivity index (χ2v) is 10.7. The monoisotopic (exact) mass is 602 g/mol. The zero-order valence-electron chi connectivity index (χ0n) is 24.7. The van der Waals surface area contributed by atoms with Crippen LogP contribution in [0.5, 0.6) is 0 Å². The highest BCUT2D eigenvalue weighted by Crippen LogP contribution is 2.34. The Morgan fingerprint density at radius 1 is 0.977 bits per heavy atom. The van der Waals surface area contributed by atoms with Crippen molar-refractivity contribution in [3.63, 3.8) is 0 Å². The van der Waals surface area contributed by atoms with Gasteiger partial charge in [-0.15, -0.1) is 0 Å². The average Bonchev–Trinajstić information content (AvgIpc) is 3.46. The van der Waals surface area contributed by atoms with Crippen LogP contribution in [-0.2, 0) is 19.3 Å². The molecule has 1 amide bonds. The highest BCUT2D eigenvalue weighted by Gasteiger charge is 2.34. The number of aryl methyl sites for hydroxylation is 2. The molecule has 3 heterocycles. The van der Waals surface area contributed by atoms with Crippen molar-refractivity contribution in [3.05, 3.63) is 94.6 Å². The Bertz CT molecular complexity index is 1680. The summed E-state index contributed by atoms with van der Waals surface area (Å²) in [6.07, 6.45) is 2.16. The first-order chi connectivity index (χ1) is 21.1. The first kappa shape index (κ1) is 30.7. The molecular weight excluding hydrogens is 569 g/mol. The Hall–Kier alpha value is -4.73. The summed E-state index contributed by atoms with van der Waals surface area (Å²) in [5.74, 6) is 5.93. The van der Waals surface area contributed by atoms with Gasteiger partial charge >= 0.3 is 6.18 Å². The molecule has 44 heavy (non-hydrogen) atoms. The minimum absolute atomic E-state index is 0.0746. The van der Waals surface area contributed by atoms with E-state index in [9.17, 15) is 18.0 Å². The molecule has 0 spiro atoms. The van der Waals surface area contributed by atoms with Crippen LogP contribution in [0.25, 0.3) is 0 Å². The smallest absolute Gasteiger partial charge is 0.322 e. The van der Waals surface area contributed by atoms with Crippen LogP contribution in [0, 0.1) is 18.8 Å². The lowest BCUT2D eigenvalue weighted by Crippen LogP contribution is -2.44. The Morgan fingerprint density at radius 2 is 1.73 bits per heavy atom. The lowest BCUT2D eigenvalue weighted by atomic mass is 10.0. The molecule has 0 atom stereocenters. The number of benzene rings is 2. The van der Waals surface area contributed by atoms with Crippen LogP contribution in [0.15, 0.2) is 61.2 Å². The quantitative estimate of drug-likeness (QED) is 0.283. The first-order valence-electron chi connectivity index (χ1n) is 14.2. The zero-order valence-corrected chi connectivity index (χ0v) is 24.7. The van der Waals surface area contributed by atoms with E-state index < -0.39 is 17.6 Å². The molecular formula is C32H33F3N8O. The Labute approximate surface area is 254 Å². The maximum atomic E-state index is 14.0. The summed E-state index contributed by atoms with van der Waals surface area (Å²) in [6, 6.07) is 8.95. The number of nitrogens with zero attached hydrogens (tertiary/aromatic N) is 6. The van der Waals surface area contributed by atoms with Gasteiger partial charge in [-0.3, -0.25) is 14.4 Å². The third-order valence-corrected chi connectivity index (χ3v) is 7.37. The van der Waals surface area contributed by atoms with E-state index in [1.165, 1.54) is 12.1 Å². The molecule has 2 N–H and O–H groups in total.